The Bertz CT molecular complexity index is 949. The number of nitrogens with one attached hydrogen (secondary N) is 1. The van der Waals surface area contributed by atoms with E-state index in [9.17, 15) is 24.6 Å². The van der Waals surface area contributed by atoms with Crippen LogP contribution in [0.5, 0.6) is 0 Å². The molecule has 9 heteroatoms. The van der Waals surface area contributed by atoms with Crippen LogP contribution in [0.2, 0.25) is 10.0 Å². The van der Waals surface area contributed by atoms with E-state index < -0.39 is 30.1 Å². The third kappa shape index (κ3) is 5.55. The molecule has 2 aromatic carbocycles. The SMILES string of the molecule is O=C(O)C(O)C(Cc1ccccc1)NC(=O)[C@H]1CCC(=O)N1Cc1c(Cl)cccc1Cl. The molecule has 2 aromatic rings. The zero-order valence-electron chi connectivity index (χ0n) is 16.5. The van der Waals surface area contributed by atoms with Gasteiger partial charge in [0, 0.05) is 28.6 Å². The Kier molecular flexibility index (Phi) is 7.54. The van der Waals surface area contributed by atoms with Crippen LogP contribution in [-0.4, -0.2) is 51.1 Å². The predicted octanol–water partition coefficient (Wildman–Crippen LogP) is 2.66. The van der Waals surface area contributed by atoms with Gasteiger partial charge >= 0.3 is 5.97 Å². The lowest BCUT2D eigenvalue weighted by atomic mass is 10.0. The molecular weight excluding hydrogens is 443 g/mol. The normalized spacial score (nSPS) is 18.0. The molecule has 1 aliphatic heterocycles. The Morgan fingerprint density at radius 1 is 1.10 bits per heavy atom. The zero-order valence-corrected chi connectivity index (χ0v) is 18.0. The molecule has 7 nitrogen and oxygen atoms in total. The summed E-state index contributed by atoms with van der Waals surface area (Å²) in [4.78, 5) is 38.2. The second-order valence-electron chi connectivity index (χ2n) is 7.36. The Morgan fingerprint density at radius 2 is 1.74 bits per heavy atom. The number of hydrogen-bond acceptors (Lipinski definition) is 4. The van der Waals surface area contributed by atoms with Gasteiger partial charge in [0.2, 0.25) is 11.8 Å². The highest BCUT2D eigenvalue weighted by Crippen LogP contribution is 2.29. The average Bonchev–Trinajstić information content (AvgIpc) is 3.10. The van der Waals surface area contributed by atoms with E-state index in [0.717, 1.165) is 5.56 Å². The van der Waals surface area contributed by atoms with Crippen molar-refractivity contribution in [1.82, 2.24) is 10.2 Å². The molecule has 0 saturated carbocycles. The Balaban J connectivity index is 1.78. The van der Waals surface area contributed by atoms with Gasteiger partial charge in [-0.15, -0.1) is 0 Å². The van der Waals surface area contributed by atoms with Crippen LogP contribution in [0.1, 0.15) is 24.0 Å². The van der Waals surface area contributed by atoms with E-state index in [1.54, 1.807) is 42.5 Å². The first-order valence-corrected chi connectivity index (χ1v) is 10.5. The number of aliphatic hydroxyl groups excluding tert-OH is 1. The van der Waals surface area contributed by atoms with E-state index in [-0.39, 0.29) is 31.7 Å². The van der Waals surface area contributed by atoms with E-state index in [4.69, 9.17) is 23.2 Å². The van der Waals surface area contributed by atoms with E-state index in [0.29, 0.717) is 15.6 Å². The zero-order chi connectivity index (χ0) is 22.5. The van der Waals surface area contributed by atoms with Gasteiger partial charge in [-0.2, -0.15) is 0 Å². The number of aliphatic carboxylic acids is 1. The van der Waals surface area contributed by atoms with Gasteiger partial charge < -0.3 is 20.4 Å². The summed E-state index contributed by atoms with van der Waals surface area (Å²) < 4.78 is 0. The molecule has 3 atom stereocenters. The molecule has 1 aliphatic rings. The summed E-state index contributed by atoms with van der Waals surface area (Å²) in [5.41, 5.74) is 1.29. The van der Waals surface area contributed by atoms with Crippen LogP contribution >= 0.6 is 23.2 Å². The summed E-state index contributed by atoms with van der Waals surface area (Å²) in [5, 5.41) is 22.8. The predicted molar refractivity (Wildman–Crippen MR) is 116 cm³/mol. The number of halogens is 2. The maximum absolute atomic E-state index is 13.0. The number of rotatable bonds is 8. The number of carbonyl (C=O) groups is 3. The second-order valence-corrected chi connectivity index (χ2v) is 8.18. The third-order valence-corrected chi connectivity index (χ3v) is 5.99. The lowest BCUT2D eigenvalue weighted by Gasteiger charge is -2.28. The maximum atomic E-state index is 13.0. The number of likely N-dealkylation sites (tertiary alicyclic amines) is 1. The second kappa shape index (κ2) is 10.1. The molecule has 0 aromatic heterocycles. The van der Waals surface area contributed by atoms with Gasteiger partial charge in [-0.1, -0.05) is 59.6 Å². The fourth-order valence-corrected chi connectivity index (χ4v) is 4.14. The molecular formula is C22H22Cl2N2O5. The molecule has 3 N–H and O–H groups in total. The summed E-state index contributed by atoms with van der Waals surface area (Å²) in [5.74, 6) is -2.20. The number of aliphatic hydroxyl groups is 1. The summed E-state index contributed by atoms with van der Waals surface area (Å²) in [6.07, 6.45) is -1.23. The monoisotopic (exact) mass is 464 g/mol. The van der Waals surface area contributed by atoms with Crippen LogP contribution < -0.4 is 5.32 Å². The molecule has 1 fully saturated rings. The fraction of sp³-hybridized carbons (Fsp3) is 0.318. The summed E-state index contributed by atoms with van der Waals surface area (Å²) in [6.45, 7) is 0.0558. The molecule has 2 unspecified atom stereocenters. The number of carboxylic acid groups (broad SMARTS) is 1. The number of benzene rings is 2. The van der Waals surface area contributed by atoms with Gasteiger partial charge in [0.05, 0.1) is 6.04 Å². The molecule has 0 radical (unpaired) electrons. The Hall–Kier alpha value is -2.61. The molecule has 1 heterocycles. The number of carbonyl (C=O) groups excluding carboxylic acids is 2. The van der Waals surface area contributed by atoms with Crippen molar-refractivity contribution in [2.24, 2.45) is 0 Å². The third-order valence-electron chi connectivity index (χ3n) is 5.28. The fourth-order valence-electron chi connectivity index (χ4n) is 3.62. The molecule has 164 valence electrons. The highest BCUT2D eigenvalue weighted by atomic mass is 35.5. The topological polar surface area (TPSA) is 107 Å². The largest absolute Gasteiger partial charge is 0.479 e. The molecule has 1 saturated heterocycles. The van der Waals surface area contributed by atoms with Crippen molar-refractivity contribution in [1.29, 1.82) is 0 Å². The highest BCUT2D eigenvalue weighted by molar-refractivity contribution is 6.36. The van der Waals surface area contributed by atoms with Crippen molar-refractivity contribution in [2.75, 3.05) is 0 Å². The highest BCUT2D eigenvalue weighted by Gasteiger charge is 2.38. The van der Waals surface area contributed by atoms with Gasteiger partial charge in [-0.3, -0.25) is 9.59 Å². The molecule has 0 aliphatic carbocycles. The van der Waals surface area contributed by atoms with Gasteiger partial charge in [0.1, 0.15) is 6.04 Å². The Labute approximate surface area is 189 Å². The molecule has 0 spiro atoms. The first kappa shape index (κ1) is 23.1. The van der Waals surface area contributed by atoms with Crippen molar-refractivity contribution in [3.8, 4) is 0 Å². The van der Waals surface area contributed by atoms with E-state index in [1.807, 2.05) is 6.07 Å². The van der Waals surface area contributed by atoms with Gasteiger partial charge in [0.15, 0.2) is 6.10 Å². The van der Waals surface area contributed by atoms with Crippen LogP contribution in [0, 0.1) is 0 Å². The molecule has 31 heavy (non-hydrogen) atoms. The van der Waals surface area contributed by atoms with Crippen LogP contribution in [-0.2, 0) is 27.3 Å². The van der Waals surface area contributed by atoms with Crippen molar-refractivity contribution < 1.29 is 24.6 Å². The first-order valence-electron chi connectivity index (χ1n) is 9.75. The van der Waals surface area contributed by atoms with Crippen LogP contribution in [0.15, 0.2) is 48.5 Å². The lowest BCUT2D eigenvalue weighted by molar-refractivity contribution is -0.149. The Morgan fingerprint density at radius 3 is 2.35 bits per heavy atom. The van der Waals surface area contributed by atoms with E-state index >= 15 is 0 Å². The van der Waals surface area contributed by atoms with Gasteiger partial charge in [-0.25, -0.2) is 4.79 Å². The first-order chi connectivity index (χ1) is 14.8. The summed E-state index contributed by atoms with van der Waals surface area (Å²) >= 11 is 12.4. The van der Waals surface area contributed by atoms with Crippen molar-refractivity contribution in [3.63, 3.8) is 0 Å². The van der Waals surface area contributed by atoms with Gasteiger partial charge in [-0.05, 0) is 30.5 Å². The van der Waals surface area contributed by atoms with Gasteiger partial charge in [0.25, 0.3) is 0 Å². The quantitative estimate of drug-likeness (QED) is 0.556. The summed E-state index contributed by atoms with van der Waals surface area (Å²) in [7, 11) is 0. The number of nitrogens with zero attached hydrogens (tertiary/aromatic N) is 1. The standard InChI is InChI=1S/C22H22Cl2N2O5/c23-15-7-4-8-16(24)14(15)12-26-18(9-10-19(26)27)21(29)25-17(20(28)22(30)31)11-13-5-2-1-3-6-13/h1-8,17-18,20,28H,9-12H2,(H,25,29)(H,30,31)/t17?,18-,20?/m1/s1. The van der Waals surface area contributed by atoms with Crippen LogP contribution in [0.4, 0.5) is 0 Å². The molecule has 2 amide bonds. The summed E-state index contributed by atoms with van der Waals surface area (Å²) in [6, 6.07) is 12.0. The average molecular weight is 465 g/mol. The van der Waals surface area contributed by atoms with Crippen molar-refractivity contribution >= 4 is 41.0 Å². The number of hydrogen-bond donors (Lipinski definition) is 3. The van der Waals surface area contributed by atoms with Crippen molar-refractivity contribution in [3.05, 3.63) is 69.7 Å². The minimum Gasteiger partial charge on any atom is -0.479 e. The number of amides is 2. The van der Waals surface area contributed by atoms with E-state index in [2.05, 4.69) is 5.32 Å². The minimum absolute atomic E-state index is 0.0558. The van der Waals surface area contributed by atoms with E-state index in [1.165, 1.54) is 4.90 Å². The maximum Gasteiger partial charge on any atom is 0.334 e. The smallest absolute Gasteiger partial charge is 0.334 e. The van der Waals surface area contributed by atoms with Crippen LogP contribution in [0.25, 0.3) is 0 Å². The number of carboxylic acids is 1. The molecule has 3 rings (SSSR count). The molecule has 0 bridgehead atoms. The van der Waals surface area contributed by atoms with Crippen molar-refractivity contribution in [2.45, 2.75) is 44.0 Å². The minimum atomic E-state index is -1.80. The van der Waals surface area contributed by atoms with Crippen LogP contribution in [0.3, 0.4) is 0 Å². The lowest BCUT2D eigenvalue weighted by Crippen LogP contribution is -2.53.